The third-order valence-corrected chi connectivity index (χ3v) is 3.55. The molecule has 1 aromatic rings. The normalized spacial score (nSPS) is 13.2. The van der Waals surface area contributed by atoms with Gasteiger partial charge in [-0.3, -0.25) is 0 Å². The summed E-state index contributed by atoms with van der Waals surface area (Å²) < 4.78 is 5.42. The van der Waals surface area contributed by atoms with Gasteiger partial charge in [0.25, 0.3) is 0 Å². The Labute approximate surface area is 152 Å². The molecule has 1 aromatic carbocycles. The molecule has 8 heteroatoms. The van der Waals surface area contributed by atoms with Crippen molar-refractivity contribution in [2.75, 3.05) is 13.1 Å². The van der Waals surface area contributed by atoms with E-state index >= 15 is 0 Å². The van der Waals surface area contributed by atoms with Crippen LogP contribution < -0.4 is 5.73 Å². The van der Waals surface area contributed by atoms with Gasteiger partial charge in [0.1, 0.15) is 5.60 Å². The molecule has 8 nitrogen and oxygen atoms in total. The number of nitrogens with two attached hydrogens (primary N) is 1. The third kappa shape index (κ3) is 7.10. The first kappa shape index (κ1) is 21.4. The molecule has 4 N–H and O–H groups in total. The fourth-order valence-electron chi connectivity index (χ4n) is 2.41. The zero-order valence-corrected chi connectivity index (χ0v) is 15.3. The highest BCUT2D eigenvalue weighted by atomic mass is 16.6. The third-order valence-electron chi connectivity index (χ3n) is 3.55. The maximum atomic E-state index is 12.1. The lowest BCUT2D eigenvalue weighted by atomic mass is 9.96. The van der Waals surface area contributed by atoms with Gasteiger partial charge in [-0.1, -0.05) is 18.2 Å². The summed E-state index contributed by atoms with van der Waals surface area (Å²) in [7, 11) is 0. The van der Waals surface area contributed by atoms with Crippen molar-refractivity contribution in [3.8, 4) is 0 Å². The van der Waals surface area contributed by atoms with E-state index in [9.17, 15) is 4.79 Å². The van der Waals surface area contributed by atoms with Crippen LogP contribution >= 0.6 is 0 Å². The summed E-state index contributed by atoms with van der Waals surface area (Å²) in [6.07, 6.45) is 1.56. The Morgan fingerprint density at radius 1 is 1.15 bits per heavy atom. The Morgan fingerprint density at radius 2 is 1.77 bits per heavy atom. The van der Waals surface area contributed by atoms with E-state index in [1.165, 1.54) is 16.7 Å². The molecule has 0 aliphatic carbocycles. The molecule has 0 radical (unpaired) electrons. The zero-order chi connectivity index (χ0) is 19.9. The summed E-state index contributed by atoms with van der Waals surface area (Å²) in [4.78, 5) is 32.1. The van der Waals surface area contributed by atoms with Crippen molar-refractivity contribution in [2.45, 2.75) is 45.8 Å². The summed E-state index contributed by atoms with van der Waals surface area (Å²) in [6, 6.07) is 6.43. The SMILES string of the molecule is CC(C)(C)OC(=O)N1CCc2cc(CCN)ccc2C1.O=C(O)C(=O)O. The van der Waals surface area contributed by atoms with Crippen molar-refractivity contribution >= 4 is 18.0 Å². The maximum Gasteiger partial charge on any atom is 0.414 e. The topological polar surface area (TPSA) is 130 Å². The average Bonchev–Trinajstić information content (AvgIpc) is 2.53. The second-order valence-corrected chi connectivity index (χ2v) is 6.90. The van der Waals surface area contributed by atoms with E-state index in [0.29, 0.717) is 19.6 Å². The first-order chi connectivity index (χ1) is 12.0. The Balaban J connectivity index is 0.000000487. The van der Waals surface area contributed by atoms with Gasteiger partial charge in [-0.05, 0) is 56.8 Å². The quantitative estimate of drug-likeness (QED) is 0.678. The average molecular weight is 366 g/mol. The Hall–Kier alpha value is -2.61. The standard InChI is InChI=1S/C16H24N2O2.C2H2O4/c1-16(2,3)20-15(19)18-9-7-13-10-12(6-8-17)4-5-14(13)11-18;3-1(4)2(5)6/h4-5,10H,6-9,11,17H2,1-3H3;(H,3,4)(H,5,6). The number of rotatable bonds is 2. The zero-order valence-electron chi connectivity index (χ0n) is 15.3. The van der Waals surface area contributed by atoms with Gasteiger partial charge in [-0.25, -0.2) is 14.4 Å². The van der Waals surface area contributed by atoms with Gasteiger partial charge >= 0.3 is 18.0 Å². The number of carboxylic acids is 2. The molecule has 2 rings (SSSR count). The van der Waals surface area contributed by atoms with Crippen molar-refractivity contribution in [1.82, 2.24) is 4.90 Å². The molecule has 1 heterocycles. The van der Waals surface area contributed by atoms with Crippen molar-refractivity contribution in [2.24, 2.45) is 5.73 Å². The molecule has 26 heavy (non-hydrogen) atoms. The molecule has 0 saturated carbocycles. The van der Waals surface area contributed by atoms with Crippen LogP contribution in [-0.4, -0.2) is 51.8 Å². The summed E-state index contributed by atoms with van der Waals surface area (Å²) in [5.41, 5.74) is 8.96. The van der Waals surface area contributed by atoms with Crippen LogP contribution in [0.3, 0.4) is 0 Å². The monoisotopic (exact) mass is 366 g/mol. The minimum absolute atomic E-state index is 0.228. The predicted molar refractivity (Wildman–Crippen MR) is 94.8 cm³/mol. The lowest BCUT2D eigenvalue weighted by molar-refractivity contribution is -0.159. The summed E-state index contributed by atoms with van der Waals surface area (Å²) in [6.45, 7) is 7.69. The van der Waals surface area contributed by atoms with Gasteiger partial charge in [0.2, 0.25) is 0 Å². The fraction of sp³-hybridized carbons (Fsp3) is 0.500. The number of aliphatic carboxylic acids is 2. The van der Waals surface area contributed by atoms with Crippen LogP contribution in [-0.2, 0) is 33.7 Å². The minimum Gasteiger partial charge on any atom is -0.473 e. The van der Waals surface area contributed by atoms with Gasteiger partial charge in [-0.15, -0.1) is 0 Å². The molecule has 0 saturated heterocycles. The molecule has 0 fully saturated rings. The maximum absolute atomic E-state index is 12.1. The van der Waals surface area contributed by atoms with Crippen molar-refractivity contribution < 1.29 is 29.3 Å². The second kappa shape index (κ2) is 9.19. The number of carbonyl (C=O) groups is 3. The number of carboxylic acid groups (broad SMARTS) is 2. The number of ether oxygens (including phenoxy) is 1. The molecule has 0 spiro atoms. The van der Waals surface area contributed by atoms with E-state index < -0.39 is 17.5 Å². The molecular weight excluding hydrogens is 340 g/mol. The van der Waals surface area contributed by atoms with Gasteiger partial charge < -0.3 is 25.6 Å². The molecular formula is C18H26N2O6. The number of fused-ring (bicyclic) bond motifs is 1. The predicted octanol–water partition coefficient (Wildman–Crippen LogP) is 1.64. The largest absolute Gasteiger partial charge is 0.473 e. The van der Waals surface area contributed by atoms with E-state index in [1.807, 2.05) is 20.8 Å². The first-order valence-electron chi connectivity index (χ1n) is 8.28. The molecule has 0 bridgehead atoms. The minimum atomic E-state index is -1.82. The van der Waals surface area contributed by atoms with Crippen LogP contribution in [0.2, 0.25) is 0 Å². The fourth-order valence-corrected chi connectivity index (χ4v) is 2.41. The van der Waals surface area contributed by atoms with E-state index in [0.717, 1.165) is 12.8 Å². The van der Waals surface area contributed by atoms with Crippen molar-refractivity contribution in [3.63, 3.8) is 0 Å². The van der Waals surface area contributed by atoms with Crippen LogP contribution in [0.1, 0.15) is 37.5 Å². The molecule has 1 aliphatic heterocycles. The number of nitrogens with zero attached hydrogens (tertiary/aromatic N) is 1. The van der Waals surface area contributed by atoms with Crippen LogP contribution in [0, 0.1) is 0 Å². The molecule has 1 aliphatic rings. The smallest absolute Gasteiger partial charge is 0.414 e. The van der Waals surface area contributed by atoms with Crippen LogP contribution in [0.15, 0.2) is 18.2 Å². The number of hydrogen-bond donors (Lipinski definition) is 3. The van der Waals surface area contributed by atoms with Gasteiger partial charge in [-0.2, -0.15) is 0 Å². The second-order valence-electron chi connectivity index (χ2n) is 6.90. The van der Waals surface area contributed by atoms with Gasteiger partial charge in [0, 0.05) is 13.1 Å². The highest BCUT2D eigenvalue weighted by Gasteiger charge is 2.25. The number of hydrogen-bond acceptors (Lipinski definition) is 5. The lowest BCUT2D eigenvalue weighted by Gasteiger charge is -2.31. The van der Waals surface area contributed by atoms with Crippen LogP contribution in [0.25, 0.3) is 0 Å². The van der Waals surface area contributed by atoms with E-state index in [-0.39, 0.29) is 6.09 Å². The van der Waals surface area contributed by atoms with E-state index in [2.05, 4.69) is 18.2 Å². The van der Waals surface area contributed by atoms with Crippen molar-refractivity contribution in [1.29, 1.82) is 0 Å². The lowest BCUT2D eigenvalue weighted by Crippen LogP contribution is -2.39. The molecule has 1 amide bonds. The Morgan fingerprint density at radius 3 is 2.27 bits per heavy atom. The molecule has 144 valence electrons. The van der Waals surface area contributed by atoms with E-state index in [4.69, 9.17) is 30.3 Å². The molecule has 0 unspecified atom stereocenters. The van der Waals surface area contributed by atoms with Crippen molar-refractivity contribution in [3.05, 3.63) is 34.9 Å². The summed E-state index contributed by atoms with van der Waals surface area (Å²) in [5.74, 6) is -3.65. The Bertz CT molecular complexity index is 654. The Kier molecular flexibility index (Phi) is 7.57. The number of carbonyl (C=O) groups excluding carboxylic acids is 1. The highest BCUT2D eigenvalue weighted by molar-refractivity contribution is 6.27. The van der Waals surface area contributed by atoms with Crippen LogP contribution in [0.4, 0.5) is 4.79 Å². The summed E-state index contributed by atoms with van der Waals surface area (Å²) >= 11 is 0. The first-order valence-corrected chi connectivity index (χ1v) is 8.28. The number of amides is 1. The number of benzene rings is 1. The summed E-state index contributed by atoms with van der Waals surface area (Å²) in [5, 5.41) is 14.8. The van der Waals surface area contributed by atoms with E-state index in [1.54, 1.807) is 4.90 Å². The van der Waals surface area contributed by atoms with Gasteiger partial charge in [0.15, 0.2) is 0 Å². The van der Waals surface area contributed by atoms with Crippen LogP contribution in [0.5, 0.6) is 0 Å². The highest BCUT2D eigenvalue weighted by Crippen LogP contribution is 2.22. The molecule has 0 atom stereocenters. The molecule has 0 aromatic heterocycles. The van der Waals surface area contributed by atoms with Gasteiger partial charge in [0.05, 0.1) is 0 Å².